The molecule has 0 aliphatic rings. The lowest BCUT2D eigenvalue weighted by Crippen LogP contribution is -1.96. The Morgan fingerprint density at radius 3 is 1.69 bits per heavy atom. The van der Waals surface area contributed by atoms with Crippen LogP contribution in [0.1, 0.15) is 0 Å². The maximum atomic E-state index is 5.52. The molecule has 4 heteroatoms. The lowest BCUT2D eigenvalue weighted by Gasteiger charge is -2.14. The first-order chi connectivity index (χ1) is 27.2. The predicted octanol–water partition coefficient (Wildman–Crippen LogP) is 14.0. The summed E-state index contributed by atoms with van der Waals surface area (Å²) in [5, 5.41) is 8.41. The Labute approximate surface area is 321 Å². The molecule has 0 saturated heterocycles. The van der Waals surface area contributed by atoms with E-state index in [0.29, 0.717) is 5.82 Å². The van der Waals surface area contributed by atoms with Gasteiger partial charge in [-0.1, -0.05) is 152 Å². The summed E-state index contributed by atoms with van der Waals surface area (Å²) in [6.07, 6.45) is 0. The van der Waals surface area contributed by atoms with Crippen LogP contribution in [0.25, 0.3) is 109 Å². The Morgan fingerprint density at radius 1 is 0.364 bits per heavy atom. The summed E-state index contributed by atoms with van der Waals surface area (Å²) in [6, 6.07) is 66.5. The number of hydrogen-bond acceptors (Lipinski definition) is 4. The largest absolute Gasteiger partial charge is 0.247 e. The molecule has 0 aliphatic heterocycles. The van der Waals surface area contributed by atoms with Crippen molar-refractivity contribution >= 4 is 64.0 Å². The van der Waals surface area contributed by atoms with E-state index in [-0.39, 0.29) is 0 Å². The van der Waals surface area contributed by atoms with Crippen molar-refractivity contribution in [1.29, 1.82) is 0 Å². The highest BCUT2D eigenvalue weighted by atomic mass is 32.1. The fourth-order valence-corrected chi connectivity index (χ4v) is 9.22. The number of benzene rings is 8. The third-order valence-electron chi connectivity index (χ3n) is 10.7. The molecule has 3 aromatic heterocycles. The van der Waals surface area contributed by atoms with E-state index in [1.54, 1.807) is 0 Å². The number of aromatic nitrogens is 3. The Kier molecular flexibility index (Phi) is 7.35. The van der Waals surface area contributed by atoms with Crippen molar-refractivity contribution in [1.82, 2.24) is 15.0 Å². The van der Waals surface area contributed by atoms with Gasteiger partial charge >= 0.3 is 0 Å². The zero-order valence-electron chi connectivity index (χ0n) is 29.6. The topological polar surface area (TPSA) is 38.7 Å². The number of thiophene rings is 1. The molecular formula is C51H31N3S. The Bertz CT molecular complexity index is 3240. The minimum Gasteiger partial charge on any atom is -0.247 e. The molecule has 0 radical (unpaired) electrons. The zero-order chi connectivity index (χ0) is 36.3. The molecule has 0 N–H and O–H groups in total. The minimum atomic E-state index is 0.684. The zero-order valence-corrected chi connectivity index (χ0v) is 30.5. The fourth-order valence-electron chi connectivity index (χ4n) is 7.99. The molecule has 11 rings (SSSR count). The van der Waals surface area contributed by atoms with Gasteiger partial charge in [0.25, 0.3) is 0 Å². The van der Waals surface area contributed by atoms with Crippen LogP contribution in [0.15, 0.2) is 188 Å². The van der Waals surface area contributed by atoms with Crippen molar-refractivity contribution in [2.45, 2.75) is 0 Å². The standard InChI is InChI=1S/C51H31N3S/c1-3-13-32(14-4-1)33-23-25-35(26-24-33)46-31-45(34-15-5-2-6-16-34)53-51(54-46)37-27-28-44-43(30-37)50-48(41-21-11-12-22-47(41)55-50)49(52-44)42-29-36-17-7-8-18-38(36)39-19-9-10-20-40(39)42/h1-31H. The van der Waals surface area contributed by atoms with E-state index in [0.717, 1.165) is 50.2 Å². The number of fused-ring (bicyclic) bond motifs is 8. The lowest BCUT2D eigenvalue weighted by molar-refractivity contribution is 1.18. The number of rotatable bonds is 5. The quantitative estimate of drug-likeness (QED) is 0.166. The molecule has 0 bridgehead atoms. The number of hydrogen-bond donors (Lipinski definition) is 0. The Balaban J connectivity index is 1.12. The highest BCUT2D eigenvalue weighted by Gasteiger charge is 2.20. The van der Waals surface area contributed by atoms with Gasteiger partial charge in [-0.3, -0.25) is 0 Å². The van der Waals surface area contributed by atoms with E-state index in [4.69, 9.17) is 15.0 Å². The molecule has 0 atom stereocenters. The van der Waals surface area contributed by atoms with E-state index >= 15 is 0 Å². The summed E-state index contributed by atoms with van der Waals surface area (Å²) in [5.41, 5.74) is 10.3. The second-order valence-electron chi connectivity index (χ2n) is 14.0. The first kappa shape index (κ1) is 31.5. The molecule has 0 fully saturated rings. The van der Waals surface area contributed by atoms with Crippen molar-refractivity contribution in [2.75, 3.05) is 0 Å². The average Bonchev–Trinajstić information content (AvgIpc) is 3.66. The van der Waals surface area contributed by atoms with Gasteiger partial charge in [-0.25, -0.2) is 15.0 Å². The van der Waals surface area contributed by atoms with Crippen molar-refractivity contribution in [3.05, 3.63) is 188 Å². The maximum Gasteiger partial charge on any atom is 0.160 e. The molecule has 55 heavy (non-hydrogen) atoms. The summed E-state index contributed by atoms with van der Waals surface area (Å²) >= 11 is 1.83. The fraction of sp³-hybridized carbons (Fsp3) is 0. The lowest BCUT2D eigenvalue weighted by atomic mass is 9.93. The van der Waals surface area contributed by atoms with E-state index in [1.807, 2.05) is 23.5 Å². The minimum absolute atomic E-state index is 0.684. The van der Waals surface area contributed by atoms with Crippen LogP contribution in [0.4, 0.5) is 0 Å². The van der Waals surface area contributed by atoms with E-state index in [1.165, 1.54) is 52.8 Å². The molecule has 256 valence electrons. The highest BCUT2D eigenvalue weighted by molar-refractivity contribution is 7.26. The number of pyridine rings is 1. The van der Waals surface area contributed by atoms with Crippen LogP contribution in [0.2, 0.25) is 0 Å². The second kappa shape index (κ2) is 12.8. The summed E-state index contributed by atoms with van der Waals surface area (Å²) in [5.74, 6) is 0.684. The van der Waals surface area contributed by atoms with Gasteiger partial charge in [-0.15, -0.1) is 11.3 Å². The van der Waals surface area contributed by atoms with Gasteiger partial charge in [0.2, 0.25) is 0 Å². The predicted molar refractivity (Wildman–Crippen MR) is 232 cm³/mol. The van der Waals surface area contributed by atoms with Crippen LogP contribution < -0.4 is 0 Å². The van der Waals surface area contributed by atoms with Crippen LogP contribution in [0, 0.1) is 0 Å². The highest BCUT2D eigenvalue weighted by Crippen LogP contribution is 2.46. The van der Waals surface area contributed by atoms with E-state index < -0.39 is 0 Å². The Hall–Kier alpha value is -7.01. The van der Waals surface area contributed by atoms with Gasteiger partial charge in [0.15, 0.2) is 5.82 Å². The van der Waals surface area contributed by atoms with Gasteiger partial charge in [0.05, 0.1) is 22.6 Å². The third-order valence-corrected chi connectivity index (χ3v) is 11.9. The van der Waals surface area contributed by atoms with Gasteiger partial charge in [-0.2, -0.15) is 0 Å². The molecule has 8 aromatic carbocycles. The molecule has 0 saturated carbocycles. The first-order valence-corrected chi connectivity index (χ1v) is 19.3. The van der Waals surface area contributed by atoms with Crippen molar-refractivity contribution in [2.24, 2.45) is 0 Å². The molecule has 3 nitrogen and oxygen atoms in total. The molecule has 3 heterocycles. The molecule has 0 spiro atoms. The Morgan fingerprint density at radius 2 is 0.927 bits per heavy atom. The van der Waals surface area contributed by atoms with Gasteiger partial charge in [0, 0.05) is 47.8 Å². The van der Waals surface area contributed by atoms with Gasteiger partial charge < -0.3 is 0 Å². The maximum absolute atomic E-state index is 5.52. The van der Waals surface area contributed by atoms with Crippen molar-refractivity contribution < 1.29 is 0 Å². The van der Waals surface area contributed by atoms with Crippen molar-refractivity contribution in [3.63, 3.8) is 0 Å². The summed E-state index contributed by atoms with van der Waals surface area (Å²) in [6.45, 7) is 0. The normalized spacial score (nSPS) is 11.6. The summed E-state index contributed by atoms with van der Waals surface area (Å²) in [7, 11) is 0. The van der Waals surface area contributed by atoms with Crippen molar-refractivity contribution in [3.8, 4) is 56.3 Å². The van der Waals surface area contributed by atoms with Gasteiger partial charge in [-0.05, 0) is 69.1 Å². The monoisotopic (exact) mass is 717 g/mol. The molecule has 0 aliphatic carbocycles. The summed E-state index contributed by atoms with van der Waals surface area (Å²) in [4.78, 5) is 15.9. The molecule has 11 aromatic rings. The van der Waals surface area contributed by atoms with E-state index in [2.05, 4.69) is 176 Å². The smallest absolute Gasteiger partial charge is 0.160 e. The van der Waals surface area contributed by atoms with Crippen LogP contribution in [-0.2, 0) is 0 Å². The SMILES string of the molecule is c1ccc(-c2ccc(-c3cc(-c4ccccc4)nc(-c4ccc5nc(-c6cc7ccccc7c7ccccc67)c6c7ccccc7sc6c5c4)n3)cc2)cc1. The van der Waals surface area contributed by atoms with E-state index in [9.17, 15) is 0 Å². The molecule has 0 unspecified atom stereocenters. The van der Waals surface area contributed by atoms with Crippen LogP contribution in [0.3, 0.4) is 0 Å². The molecular weight excluding hydrogens is 687 g/mol. The van der Waals surface area contributed by atoms with Gasteiger partial charge in [0.1, 0.15) is 0 Å². The second-order valence-corrected chi connectivity index (χ2v) is 15.0. The van der Waals surface area contributed by atoms with Crippen LogP contribution in [0.5, 0.6) is 0 Å². The van der Waals surface area contributed by atoms with Crippen LogP contribution in [-0.4, -0.2) is 15.0 Å². The summed E-state index contributed by atoms with van der Waals surface area (Å²) < 4.78 is 2.46. The third kappa shape index (κ3) is 5.38. The average molecular weight is 718 g/mol. The molecule has 0 amide bonds. The van der Waals surface area contributed by atoms with Crippen LogP contribution >= 0.6 is 11.3 Å². The first-order valence-electron chi connectivity index (χ1n) is 18.5. The number of nitrogens with zero attached hydrogens (tertiary/aromatic N) is 3.